The zero-order chi connectivity index (χ0) is 26.4. The molecule has 0 unspecified atom stereocenters. The fourth-order valence-corrected chi connectivity index (χ4v) is 6.03. The molecule has 1 heterocycles. The van der Waals surface area contributed by atoms with E-state index >= 15 is 0 Å². The molecule has 4 rings (SSSR count). The molecule has 1 saturated carbocycles. The van der Waals surface area contributed by atoms with Crippen LogP contribution in [0.5, 0.6) is 0 Å². The van der Waals surface area contributed by atoms with Crippen molar-refractivity contribution in [3.63, 3.8) is 0 Å². The number of carbonyl (C=O) groups excluding carboxylic acids is 2. The van der Waals surface area contributed by atoms with Gasteiger partial charge in [-0.3, -0.25) is 9.59 Å². The van der Waals surface area contributed by atoms with Crippen LogP contribution < -0.4 is 10.6 Å². The van der Waals surface area contributed by atoms with Gasteiger partial charge in [-0.25, -0.2) is 4.39 Å². The highest BCUT2D eigenvalue weighted by molar-refractivity contribution is 6.39. The molecule has 1 saturated heterocycles. The average Bonchev–Trinajstić information content (AvgIpc) is 2.87. The van der Waals surface area contributed by atoms with Crippen molar-refractivity contribution >= 4 is 35.0 Å². The molecule has 2 aromatic carbocycles. The van der Waals surface area contributed by atoms with Gasteiger partial charge >= 0.3 is 0 Å². The zero-order valence-corrected chi connectivity index (χ0v) is 22.9. The number of nitrogens with one attached hydrogen (secondary N) is 2. The fourth-order valence-electron chi connectivity index (χ4n) is 5.46. The van der Waals surface area contributed by atoms with Crippen LogP contribution >= 0.6 is 23.2 Å². The maximum absolute atomic E-state index is 14.0. The lowest BCUT2D eigenvalue weighted by atomic mass is 9.88. The SMILES string of the molecule is CC1(NC(=O)c2c(Cl)cccc2Cl)CCN(CC[C@H](NC(=O)C2CCCCC2)c2cccc(F)c2)CC1. The summed E-state index contributed by atoms with van der Waals surface area (Å²) < 4.78 is 14.0. The predicted octanol–water partition coefficient (Wildman–Crippen LogP) is 6.54. The van der Waals surface area contributed by atoms with Gasteiger partial charge in [0.15, 0.2) is 0 Å². The lowest BCUT2D eigenvalue weighted by molar-refractivity contribution is -0.126. The van der Waals surface area contributed by atoms with Crippen molar-refractivity contribution in [3.8, 4) is 0 Å². The minimum absolute atomic E-state index is 0.0516. The van der Waals surface area contributed by atoms with Gasteiger partial charge in [-0.15, -0.1) is 0 Å². The van der Waals surface area contributed by atoms with Crippen LogP contribution in [0.2, 0.25) is 10.0 Å². The molecule has 0 bridgehead atoms. The minimum atomic E-state index is -0.368. The molecule has 1 aliphatic carbocycles. The Morgan fingerprint density at radius 2 is 1.70 bits per heavy atom. The summed E-state index contributed by atoms with van der Waals surface area (Å²) in [6.45, 7) is 4.43. The molecule has 2 N–H and O–H groups in total. The van der Waals surface area contributed by atoms with E-state index in [-0.39, 0.29) is 35.1 Å². The Hall–Kier alpha value is -2.15. The quantitative estimate of drug-likeness (QED) is 0.394. The second-order valence-electron chi connectivity index (χ2n) is 10.7. The third kappa shape index (κ3) is 7.46. The van der Waals surface area contributed by atoms with Crippen molar-refractivity contribution in [3.05, 3.63) is 69.5 Å². The van der Waals surface area contributed by atoms with Crippen LogP contribution in [0.15, 0.2) is 42.5 Å². The number of benzene rings is 2. The number of rotatable bonds is 8. The normalized spacial score (nSPS) is 19.2. The lowest BCUT2D eigenvalue weighted by Gasteiger charge is -2.40. The van der Waals surface area contributed by atoms with Crippen LogP contribution in [0.4, 0.5) is 4.39 Å². The van der Waals surface area contributed by atoms with Crippen LogP contribution in [0, 0.1) is 11.7 Å². The Labute approximate surface area is 229 Å². The molecule has 37 heavy (non-hydrogen) atoms. The number of likely N-dealkylation sites (tertiary alicyclic amines) is 1. The number of hydrogen-bond donors (Lipinski definition) is 2. The number of hydrogen-bond acceptors (Lipinski definition) is 3. The van der Waals surface area contributed by atoms with E-state index < -0.39 is 0 Å². The first-order chi connectivity index (χ1) is 17.7. The maximum atomic E-state index is 14.0. The molecule has 8 heteroatoms. The van der Waals surface area contributed by atoms with E-state index in [0.29, 0.717) is 22.0 Å². The molecule has 1 aliphatic heterocycles. The average molecular weight is 549 g/mol. The Balaban J connectivity index is 1.34. The van der Waals surface area contributed by atoms with Gasteiger partial charge in [0.05, 0.1) is 21.7 Å². The lowest BCUT2D eigenvalue weighted by Crippen LogP contribution is -2.53. The van der Waals surface area contributed by atoms with Gasteiger partial charge in [0.2, 0.25) is 5.91 Å². The van der Waals surface area contributed by atoms with Crippen molar-refractivity contribution in [2.75, 3.05) is 19.6 Å². The zero-order valence-electron chi connectivity index (χ0n) is 21.4. The largest absolute Gasteiger partial charge is 0.349 e. The van der Waals surface area contributed by atoms with E-state index in [9.17, 15) is 14.0 Å². The van der Waals surface area contributed by atoms with E-state index in [4.69, 9.17) is 23.2 Å². The number of carbonyl (C=O) groups is 2. The van der Waals surface area contributed by atoms with E-state index in [1.54, 1.807) is 24.3 Å². The smallest absolute Gasteiger partial charge is 0.254 e. The Morgan fingerprint density at radius 3 is 2.35 bits per heavy atom. The van der Waals surface area contributed by atoms with Crippen LogP contribution in [0.25, 0.3) is 0 Å². The first-order valence-corrected chi connectivity index (χ1v) is 14.0. The van der Waals surface area contributed by atoms with Gasteiger partial charge in [-0.05, 0) is 68.9 Å². The van der Waals surface area contributed by atoms with Crippen molar-refractivity contribution in [1.29, 1.82) is 0 Å². The van der Waals surface area contributed by atoms with Gasteiger partial charge in [-0.2, -0.15) is 0 Å². The Morgan fingerprint density at radius 1 is 1.05 bits per heavy atom. The molecule has 2 fully saturated rings. The number of piperidine rings is 1. The summed E-state index contributed by atoms with van der Waals surface area (Å²) in [5, 5.41) is 7.04. The summed E-state index contributed by atoms with van der Waals surface area (Å²) >= 11 is 12.4. The van der Waals surface area contributed by atoms with Gasteiger partial charge in [0, 0.05) is 31.1 Å². The molecular formula is C29H36Cl2FN3O2. The molecular weight excluding hydrogens is 512 g/mol. The van der Waals surface area contributed by atoms with Crippen LogP contribution in [0.3, 0.4) is 0 Å². The summed E-state index contributed by atoms with van der Waals surface area (Å²) in [5.41, 5.74) is 0.740. The molecule has 0 spiro atoms. The molecule has 2 aromatic rings. The predicted molar refractivity (Wildman–Crippen MR) is 146 cm³/mol. The summed E-state index contributed by atoms with van der Waals surface area (Å²) in [6, 6.07) is 11.3. The fraction of sp³-hybridized carbons (Fsp3) is 0.517. The monoisotopic (exact) mass is 547 g/mol. The summed E-state index contributed by atoms with van der Waals surface area (Å²) in [6.07, 6.45) is 7.48. The molecule has 0 radical (unpaired) electrons. The highest BCUT2D eigenvalue weighted by Gasteiger charge is 2.33. The van der Waals surface area contributed by atoms with E-state index in [2.05, 4.69) is 15.5 Å². The van der Waals surface area contributed by atoms with Crippen molar-refractivity contribution in [1.82, 2.24) is 15.5 Å². The Kier molecular flexibility index (Phi) is 9.49. The van der Waals surface area contributed by atoms with E-state index in [0.717, 1.165) is 63.7 Å². The first kappa shape index (κ1) is 27.9. The summed E-state index contributed by atoms with van der Waals surface area (Å²) in [4.78, 5) is 28.2. The third-order valence-corrected chi connectivity index (χ3v) is 8.47. The topological polar surface area (TPSA) is 61.4 Å². The second-order valence-corrected chi connectivity index (χ2v) is 11.5. The highest BCUT2D eigenvalue weighted by Crippen LogP contribution is 2.29. The number of nitrogens with zero attached hydrogens (tertiary/aromatic N) is 1. The van der Waals surface area contributed by atoms with E-state index in [1.165, 1.54) is 18.6 Å². The molecule has 200 valence electrons. The highest BCUT2D eigenvalue weighted by atomic mass is 35.5. The Bertz CT molecular complexity index is 1080. The maximum Gasteiger partial charge on any atom is 0.254 e. The van der Waals surface area contributed by atoms with Gasteiger partial charge < -0.3 is 15.5 Å². The van der Waals surface area contributed by atoms with Crippen molar-refractivity contribution < 1.29 is 14.0 Å². The molecule has 1 atom stereocenters. The van der Waals surface area contributed by atoms with Crippen LogP contribution in [-0.4, -0.2) is 41.9 Å². The molecule has 5 nitrogen and oxygen atoms in total. The van der Waals surface area contributed by atoms with Crippen LogP contribution in [-0.2, 0) is 4.79 Å². The van der Waals surface area contributed by atoms with Gasteiger partial charge in [0.25, 0.3) is 5.91 Å². The van der Waals surface area contributed by atoms with Crippen molar-refractivity contribution in [2.24, 2.45) is 5.92 Å². The molecule has 0 aromatic heterocycles. The summed E-state index contributed by atoms with van der Waals surface area (Å²) in [5.74, 6) is -0.419. The van der Waals surface area contributed by atoms with E-state index in [1.807, 2.05) is 13.0 Å². The minimum Gasteiger partial charge on any atom is -0.349 e. The second kappa shape index (κ2) is 12.6. The van der Waals surface area contributed by atoms with Gasteiger partial charge in [-0.1, -0.05) is 60.7 Å². The van der Waals surface area contributed by atoms with Gasteiger partial charge in [0.1, 0.15) is 5.82 Å². The third-order valence-electron chi connectivity index (χ3n) is 7.84. The number of halogens is 3. The van der Waals surface area contributed by atoms with Crippen molar-refractivity contribution in [2.45, 2.75) is 69.9 Å². The molecule has 2 aliphatic rings. The summed E-state index contributed by atoms with van der Waals surface area (Å²) in [7, 11) is 0. The number of amides is 2. The standard InChI is InChI=1S/C29H36Cl2FN3O2/c1-29(34-28(37)26-23(30)11-6-12-24(26)31)14-17-35(18-15-29)16-13-25(21-9-5-10-22(32)19-21)33-27(36)20-7-3-2-4-8-20/h5-6,9-12,19-20,25H,2-4,7-8,13-18H2,1H3,(H,33,36)(H,34,37)/t25-/m0/s1. The molecule has 2 amide bonds. The first-order valence-electron chi connectivity index (χ1n) is 13.3. The van der Waals surface area contributed by atoms with Crippen LogP contribution in [0.1, 0.15) is 80.3 Å².